The number of rotatable bonds is 2. The van der Waals surface area contributed by atoms with Gasteiger partial charge < -0.3 is 0 Å². The van der Waals surface area contributed by atoms with E-state index < -0.39 is 15.4 Å². The molecule has 2 heterocycles. The average molecular weight is 266 g/mol. The monoisotopic (exact) mass is 266 g/mol. The quantitative estimate of drug-likeness (QED) is 0.876. The maximum Gasteiger partial charge on any atom is 0.234 e. The summed E-state index contributed by atoms with van der Waals surface area (Å²) in [5.74, 6) is 0. The van der Waals surface area contributed by atoms with Crippen molar-refractivity contribution in [2.75, 3.05) is 19.6 Å². The van der Waals surface area contributed by atoms with Crippen LogP contribution in [0.3, 0.4) is 0 Å². The molecule has 0 radical (unpaired) electrons. The predicted octanol–water partition coefficient (Wildman–Crippen LogP) is 1.26. The molecule has 98 valence electrons. The lowest BCUT2D eigenvalue weighted by Crippen LogP contribution is -2.42. The molecule has 1 unspecified atom stereocenters. The number of nitrogens with zero attached hydrogens (tertiary/aromatic N) is 1. The zero-order valence-electron chi connectivity index (χ0n) is 10.3. The molecule has 18 heavy (non-hydrogen) atoms. The lowest BCUT2D eigenvalue weighted by atomic mass is 10.0. The Kier molecular flexibility index (Phi) is 3.13. The number of nitrogens with one attached hydrogen (secondary N) is 1. The van der Waals surface area contributed by atoms with E-state index in [1.807, 2.05) is 24.3 Å². The molecule has 0 aliphatic carbocycles. The van der Waals surface area contributed by atoms with E-state index in [1.165, 1.54) is 0 Å². The average Bonchev–Trinajstić information content (AvgIpc) is 2.92. The SMILES string of the molecule is O=S(=O)(C1NCCc2ccccc21)N1CCCC1. The van der Waals surface area contributed by atoms with Crippen LogP contribution in [0, 0.1) is 0 Å². The predicted molar refractivity (Wildman–Crippen MR) is 70.6 cm³/mol. The third-order valence-corrected chi connectivity index (χ3v) is 5.89. The first-order valence-corrected chi connectivity index (χ1v) is 8.00. The van der Waals surface area contributed by atoms with E-state index in [2.05, 4.69) is 5.32 Å². The van der Waals surface area contributed by atoms with Crippen molar-refractivity contribution in [1.29, 1.82) is 0 Å². The molecule has 0 aromatic heterocycles. The summed E-state index contributed by atoms with van der Waals surface area (Å²) in [5, 5.41) is 2.61. The summed E-state index contributed by atoms with van der Waals surface area (Å²) in [7, 11) is -3.25. The van der Waals surface area contributed by atoms with Crippen molar-refractivity contribution in [3.05, 3.63) is 35.4 Å². The van der Waals surface area contributed by atoms with Crippen LogP contribution in [0.15, 0.2) is 24.3 Å². The summed E-state index contributed by atoms with van der Waals surface area (Å²) in [5.41, 5.74) is 2.08. The van der Waals surface area contributed by atoms with E-state index in [9.17, 15) is 8.42 Å². The molecule has 2 aliphatic heterocycles. The van der Waals surface area contributed by atoms with Gasteiger partial charge in [0.05, 0.1) is 0 Å². The number of fused-ring (bicyclic) bond motifs is 1. The van der Waals surface area contributed by atoms with Crippen molar-refractivity contribution in [2.45, 2.75) is 24.6 Å². The van der Waals surface area contributed by atoms with E-state index in [1.54, 1.807) is 4.31 Å². The first-order valence-electron chi connectivity index (χ1n) is 6.50. The summed E-state index contributed by atoms with van der Waals surface area (Å²) in [6.45, 7) is 2.07. The van der Waals surface area contributed by atoms with Gasteiger partial charge in [0.25, 0.3) is 0 Å². The van der Waals surface area contributed by atoms with Gasteiger partial charge in [-0.1, -0.05) is 24.3 Å². The zero-order valence-corrected chi connectivity index (χ0v) is 11.1. The fourth-order valence-corrected chi connectivity index (χ4v) is 4.77. The third-order valence-electron chi connectivity index (χ3n) is 3.78. The van der Waals surface area contributed by atoms with E-state index in [4.69, 9.17) is 0 Å². The first-order chi connectivity index (χ1) is 8.69. The van der Waals surface area contributed by atoms with Crippen LogP contribution < -0.4 is 5.32 Å². The summed E-state index contributed by atoms with van der Waals surface area (Å²) in [6.07, 6.45) is 2.86. The highest BCUT2D eigenvalue weighted by molar-refractivity contribution is 7.89. The van der Waals surface area contributed by atoms with Crippen LogP contribution in [-0.4, -0.2) is 32.4 Å². The third kappa shape index (κ3) is 1.96. The van der Waals surface area contributed by atoms with E-state index in [-0.39, 0.29) is 0 Å². The fraction of sp³-hybridized carbons (Fsp3) is 0.538. The molecule has 1 fully saturated rings. The molecule has 3 rings (SSSR count). The molecule has 1 aromatic carbocycles. The smallest absolute Gasteiger partial charge is 0.234 e. The van der Waals surface area contributed by atoms with Crippen molar-refractivity contribution in [2.24, 2.45) is 0 Å². The highest BCUT2D eigenvalue weighted by atomic mass is 32.2. The van der Waals surface area contributed by atoms with Crippen LogP contribution >= 0.6 is 0 Å². The second-order valence-electron chi connectivity index (χ2n) is 4.93. The van der Waals surface area contributed by atoms with E-state index in [0.717, 1.165) is 36.9 Å². The Labute approximate surface area is 108 Å². The van der Waals surface area contributed by atoms with Gasteiger partial charge in [0, 0.05) is 19.6 Å². The maximum atomic E-state index is 12.6. The standard InChI is InChI=1S/C13H18N2O2S/c16-18(17,15-9-3-4-10-15)13-12-6-2-1-5-11(12)7-8-14-13/h1-2,5-6,13-14H,3-4,7-10H2. The summed E-state index contributed by atoms with van der Waals surface area (Å²) in [4.78, 5) is 0. The molecule has 0 amide bonds. The van der Waals surface area contributed by atoms with E-state index >= 15 is 0 Å². The van der Waals surface area contributed by atoms with Crippen LogP contribution in [0.2, 0.25) is 0 Å². The minimum atomic E-state index is -3.25. The fourth-order valence-electron chi connectivity index (χ4n) is 2.82. The highest BCUT2D eigenvalue weighted by Crippen LogP contribution is 2.30. The Morgan fingerprint density at radius 2 is 1.89 bits per heavy atom. The molecule has 5 heteroatoms. The Morgan fingerprint density at radius 3 is 2.67 bits per heavy atom. The second-order valence-corrected chi connectivity index (χ2v) is 6.95. The van der Waals surface area contributed by atoms with Gasteiger partial charge in [-0.2, -0.15) is 0 Å². The normalized spacial score (nSPS) is 25.0. The van der Waals surface area contributed by atoms with Crippen molar-refractivity contribution >= 4 is 10.0 Å². The van der Waals surface area contributed by atoms with Gasteiger partial charge >= 0.3 is 0 Å². The number of sulfonamides is 1. The maximum absolute atomic E-state index is 12.6. The van der Waals surface area contributed by atoms with Gasteiger partial charge in [0.2, 0.25) is 10.0 Å². The largest absolute Gasteiger partial charge is 0.296 e. The first kappa shape index (κ1) is 12.1. The van der Waals surface area contributed by atoms with Crippen LogP contribution in [0.1, 0.15) is 29.3 Å². The molecule has 2 aliphatic rings. The Morgan fingerprint density at radius 1 is 1.17 bits per heavy atom. The van der Waals surface area contributed by atoms with Crippen molar-refractivity contribution in [3.63, 3.8) is 0 Å². The number of hydrogen-bond acceptors (Lipinski definition) is 3. The van der Waals surface area contributed by atoms with Gasteiger partial charge in [0.1, 0.15) is 0 Å². The number of hydrogen-bond donors (Lipinski definition) is 1. The molecule has 1 N–H and O–H groups in total. The summed E-state index contributed by atoms with van der Waals surface area (Å²) in [6, 6.07) is 7.85. The van der Waals surface area contributed by atoms with Crippen molar-refractivity contribution in [3.8, 4) is 0 Å². The lowest BCUT2D eigenvalue weighted by molar-refractivity contribution is 0.448. The minimum Gasteiger partial charge on any atom is -0.296 e. The van der Waals surface area contributed by atoms with Gasteiger partial charge in [0.15, 0.2) is 5.37 Å². The topological polar surface area (TPSA) is 49.4 Å². The van der Waals surface area contributed by atoms with Gasteiger partial charge in [-0.15, -0.1) is 0 Å². The van der Waals surface area contributed by atoms with Gasteiger partial charge in [-0.25, -0.2) is 12.7 Å². The Balaban J connectivity index is 1.98. The van der Waals surface area contributed by atoms with Crippen LogP contribution in [-0.2, 0) is 16.4 Å². The lowest BCUT2D eigenvalue weighted by Gasteiger charge is -2.30. The highest BCUT2D eigenvalue weighted by Gasteiger charge is 2.36. The number of benzene rings is 1. The molecule has 4 nitrogen and oxygen atoms in total. The van der Waals surface area contributed by atoms with Gasteiger partial charge in [-0.05, 0) is 30.4 Å². The van der Waals surface area contributed by atoms with Gasteiger partial charge in [-0.3, -0.25) is 5.32 Å². The Hall–Kier alpha value is -0.910. The molecule has 1 atom stereocenters. The Bertz CT molecular complexity index is 536. The zero-order chi connectivity index (χ0) is 12.6. The molecule has 1 aromatic rings. The van der Waals surface area contributed by atoms with Crippen LogP contribution in [0.5, 0.6) is 0 Å². The van der Waals surface area contributed by atoms with Crippen molar-refractivity contribution < 1.29 is 8.42 Å². The van der Waals surface area contributed by atoms with Crippen LogP contribution in [0.25, 0.3) is 0 Å². The molecule has 0 bridgehead atoms. The molecule has 0 saturated carbocycles. The minimum absolute atomic E-state index is 0.555. The van der Waals surface area contributed by atoms with E-state index in [0.29, 0.717) is 13.1 Å². The molecular formula is C13H18N2O2S. The summed E-state index contributed by atoms with van der Waals surface area (Å²) < 4.78 is 26.9. The van der Waals surface area contributed by atoms with Crippen molar-refractivity contribution in [1.82, 2.24) is 9.62 Å². The molecule has 1 saturated heterocycles. The molecule has 0 spiro atoms. The molecular weight excluding hydrogens is 248 g/mol. The summed E-state index contributed by atoms with van der Waals surface area (Å²) >= 11 is 0. The van der Waals surface area contributed by atoms with Crippen LogP contribution in [0.4, 0.5) is 0 Å². The second kappa shape index (κ2) is 4.64.